The fraction of sp³-hybridized carbons (Fsp3) is 0.273. The van der Waals surface area contributed by atoms with Gasteiger partial charge in [-0.25, -0.2) is 4.79 Å². The van der Waals surface area contributed by atoms with Crippen molar-refractivity contribution in [2.24, 2.45) is 5.73 Å². The number of carbonyl (C=O) groups excluding carboxylic acids is 1. The van der Waals surface area contributed by atoms with Crippen LogP contribution in [0.4, 0.5) is 0 Å². The van der Waals surface area contributed by atoms with Crippen LogP contribution in [0.1, 0.15) is 6.92 Å². The van der Waals surface area contributed by atoms with Gasteiger partial charge in [0.15, 0.2) is 0 Å². The smallest absolute Gasteiger partial charge is 0.320 e. The number of hydrogen-bond acceptors (Lipinski definition) is 3. The molecule has 0 aliphatic rings. The summed E-state index contributed by atoms with van der Waals surface area (Å²) < 4.78 is 1.49. The van der Waals surface area contributed by atoms with Gasteiger partial charge in [-0.3, -0.25) is 9.36 Å². The second kappa shape index (κ2) is 3.94. The lowest BCUT2D eigenvalue weighted by Crippen LogP contribution is -2.36. The average molecular weight is 219 g/mol. The topological polar surface area (TPSA) is 80.9 Å². The molecule has 84 valence electrons. The Morgan fingerprint density at radius 3 is 2.88 bits per heavy atom. The Morgan fingerprint density at radius 1 is 1.50 bits per heavy atom. The van der Waals surface area contributed by atoms with Crippen molar-refractivity contribution < 1.29 is 4.79 Å². The summed E-state index contributed by atoms with van der Waals surface area (Å²) in [5.41, 5.74) is 6.93. The van der Waals surface area contributed by atoms with Gasteiger partial charge < -0.3 is 10.7 Å². The summed E-state index contributed by atoms with van der Waals surface area (Å²) in [6.45, 7) is 1.63. The number of ketones is 1. The van der Waals surface area contributed by atoms with E-state index in [1.807, 2.05) is 24.3 Å². The van der Waals surface area contributed by atoms with Gasteiger partial charge in [0.25, 0.3) is 0 Å². The second-order valence-electron chi connectivity index (χ2n) is 3.78. The number of fused-ring (bicyclic) bond motifs is 1. The number of benzene rings is 1. The number of aromatic amines is 1. The minimum Gasteiger partial charge on any atom is -0.320 e. The summed E-state index contributed by atoms with van der Waals surface area (Å²) in [4.78, 5) is 25.4. The standard InChI is InChI=1S/C11H13N3O2/c1-7(15)8(12)6-14-10-5-3-2-4-9(10)13-11(14)16/h2-5,8H,6,12H2,1H3,(H,13,16)/t8-/m0/s1. The molecule has 0 fully saturated rings. The second-order valence-corrected chi connectivity index (χ2v) is 3.78. The number of rotatable bonds is 3. The minimum absolute atomic E-state index is 0.128. The highest BCUT2D eigenvalue weighted by Gasteiger charge is 2.13. The molecule has 0 amide bonds. The maximum absolute atomic E-state index is 11.6. The van der Waals surface area contributed by atoms with Crippen LogP contribution in [-0.4, -0.2) is 21.4 Å². The molecule has 5 nitrogen and oxygen atoms in total. The third kappa shape index (κ3) is 1.77. The molecular weight excluding hydrogens is 206 g/mol. The van der Waals surface area contributed by atoms with Gasteiger partial charge in [-0.05, 0) is 19.1 Å². The third-order valence-electron chi connectivity index (χ3n) is 2.58. The van der Waals surface area contributed by atoms with Crippen molar-refractivity contribution in [1.29, 1.82) is 0 Å². The van der Waals surface area contributed by atoms with Crippen molar-refractivity contribution in [3.8, 4) is 0 Å². The quantitative estimate of drug-likeness (QED) is 0.776. The first-order valence-corrected chi connectivity index (χ1v) is 5.03. The summed E-state index contributed by atoms with van der Waals surface area (Å²) in [6.07, 6.45) is 0. The zero-order chi connectivity index (χ0) is 11.7. The van der Waals surface area contributed by atoms with Gasteiger partial charge >= 0.3 is 5.69 Å². The van der Waals surface area contributed by atoms with Gasteiger partial charge in [0, 0.05) is 6.54 Å². The molecule has 3 N–H and O–H groups in total. The maximum Gasteiger partial charge on any atom is 0.326 e. The zero-order valence-corrected chi connectivity index (χ0v) is 8.93. The van der Waals surface area contributed by atoms with Crippen LogP contribution in [0, 0.1) is 0 Å². The molecule has 1 aromatic heterocycles. The Bertz CT molecular complexity index is 582. The Balaban J connectivity index is 2.48. The lowest BCUT2D eigenvalue weighted by atomic mass is 10.2. The first-order chi connectivity index (χ1) is 7.59. The molecule has 0 bridgehead atoms. The highest BCUT2D eigenvalue weighted by molar-refractivity contribution is 5.81. The van der Waals surface area contributed by atoms with Crippen LogP contribution < -0.4 is 11.4 Å². The van der Waals surface area contributed by atoms with Crippen LogP contribution >= 0.6 is 0 Å². The lowest BCUT2D eigenvalue weighted by Gasteiger charge is -2.08. The van der Waals surface area contributed by atoms with Crippen molar-refractivity contribution in [2.75, 3.05) is 0 Å². The molecule has 0 aliphatic carbocycles. The zero-order valence-electron chi connectivity index (χ0n) is 8.93. The van der Waals surface area contributed by atoms with Gasteiger partial charge in [-0.2, -0.15) is 0 Å². The summed E-state index contributed by atoms with van der Waals surface area (Å²) in [7, 11) is 0. The molecule has 0 saturated heterocycles. The number of nitrogens with zero attached hydrogens (tertiary/aromatic N) is 1. The SMILES string of the molecule is CC(=O)[C@@H](N)Cn1c(=O)[nH]c2ccccc21. The molecule has 0 saturated carbocycles. The molecule has 0 spiro atoms. The fourth-order valence-electron chi connectivity index (χ4n) is 1.61. The number of hydrogen-bond donors (Lipinski definition) is 2. The van der Waals surface area contributed by atoms with Gasteiger partial charge in [0.05, 0.1) is 17.1 Å². The highest BCUT2D eigenvalue weighted by atomic mass is 16.1. The van der Waals surface area contributed by atoms with Crippen LogP contribution in [0.2, 0.25) is 0 Å². The molecule has 1 atom stereocenters. The Hall–Kier alpha value is -1.88. The molecule has 2 aromatic rings. The minimum atomic E-state index is -0.642. The summed E-state index contributed by atoms with van der Waals surface area (Å²) in [5, 5.41) is 0. The third-order valence-corrected chi connectivity index (χ3v) is 2.58. The first kappa shape index (κ1) is 10.6. The predicted molar refractivity (Wildman–Crippen MR) is 61.2 cm³/mol. The van der Waals surface area contributed by atoms with E-state index in [0.29, 0.717) is 0 Å². The number of Topliss-reactive ketones (excluding diaryl/α,β-unsaturated/α-hetero) is 1. The van der Waals surface area contributed by atoms with Crippen molar-refractivity contribution >= 4 is 16.8 Å². The Labute approximate surface area is 91.9 Å². The summed E-state index contributed by atoms with van der Waals surface area (Å²) >= 11 is 0. The van der Waals surface area contributed by atoms with Gasteiger partial charge in [-0.15, -0.1) is 0 Å². The molecule has 0 unspecified atom stereocenters. The predicted octanol–water partition coefficient (Wildman–Crippen LogP) is 0.246. The van der Waals surface area contributed by atoms with E-state index in [4.69, 9.17) is 5.73 Å². The maximum atomic E-state index is 11.6. The van der Waals surface area contributed by atoms with E-state index < -0.39 is 6.04 Å². The van der Waals surface area contributed by atoms with E-state index in [1.165, 1.54) is 11.5 Å². The molecule has 1 heterocycles. The highest BCUT2D eigenvalue weighted by Crippen LogP contribution is 2.09. The molecule has 1 aromatic carbocycles. The molecule has 16 heavy (non-hydrogen) atoms. The average Bonchev–Trinajstić information content (AvgIpc) is 2.55. The van der Waals surface area contributed by atoms with E-state index in [1.54, 1.807) is 0 Å². The first-order valence-electron chi connectivity index (χ1n) is 5.03. The number of nitrogens with one attached hydrogen (secondary N) is 1. The van der Waals surface area contributed by atoms with Gasteiger partial charge in [0.1, 0.15) is 5.78 Å². The number of nitrogens with two attached hydrogens (primary N) is 1. The van der Waals surface area contributed by atoms with Crippen molar-refractivity contribution in [2.45, 2.75) is 19.5 Å². The molecule has 0 radical (unpaired) electrons. The molecule has 5 heteroatoms. The van der Waals surface area contributed by atoms with Crippen molar-refractivity contribution in [1.82, 2.24) is 9.55 Å². The van der Waals surface area contributed by atoms with Gasteiger partial charge in [-0.1, -0.05) is 12.1 Å². The lowest BCUT2D eigenvalue weighted by molar-refractivity contribution is -0.118. The number of carbonyl (C=O) groups is 1. The largest absolute Gasteiger partial charge is 0.326 e. The van der Waals surface area contributed by atoms with Gasteiger partial charge in [0.2, 0.25) is 0 Å². The van der Waals surface area contributed by atoms with E-state index in [2.05, 4.69) is 4.98 Å². The van der Waals surface area contributed by atoms with Crippen LogP contribution in [0.25, 0.3) is 11.0 Å². The number of aromatic nitrogens is 2. The van der Waals surface area contributed by atoms with E-state index in [-0.39, 0.29) is 18.0 Å². The van der Waals surface area contributed by atoms with E-state index >= 15 is 0 Å². The number of para-hydroxylation sites is 2. The fourth-order valence-corrected chi connectivity index (χ4v) is 1.61. The van der Waals surface area contributed by atoms with E-state index in [9.17, 15) is 9.59 Å². The Morgan fingerprint density at radius 2 is 2.19 bits per heavy atom. The van der Waals surface area contributed by atoms with Crippen molar-refractivity contribution in [3.05, 3.63) is 34.7 Å². The summed E-state index contributed by atoms with van der Waals surface area (Å²) in [6, 6.07) is 6.67. The molecular formula is C11H13N3O2. The monoisotopic (exact) mass is 219 g/mol. The number of imidazole rings is 1. The molecule has 2 rings (SSSR count). The van der Waals surface area contributed by atoms with Crippen molar-refractivity contribution in [3.63, 3.8) is 0 Å². The van der Waals surface area contributed by atoms with Crippen LogP contribution in [0.5, 0.6) is 0 Å². The normalized spacial score (nSPS) is 12.9. The van der Waals surface area contributed by atoms with Crippen LogP contribution in [0.15, 0.2) is 29.1 Å². The number of H-pyrrole nitrogens is 1. The van der Waals surface area contributed by atoms with Crippen LogP contribution in [0.3, 0.4) is 0 Å². The molecule has 0 aliphatic heterocycles. The Kier molecular flexibility index (Phi) is 2.62. The summed E-state index contributed by atoms with van der Waals surface area (Å²) in [5.74, 6) is -0.128. The van der Waals surface area contributed by atoms with Crippen LogP contribution in [-0.2, 0) is 11.3 Å². The van der Waals surface area contributed by atoms with E-state index in [0.717, 1.165) is 11.0 Å².